The summed E-state index contributed by atoms with van der Waals surface area (Å²) in [6.45, 7) is 4.60. The van der Waals surface area contributed by atoms with Gasteiger partial charge in [0.15, 0.2) is 0 Å². The molecule has 0 heterocycles. The van der Waals surface area contributed by atoms with Crippen molar-refractivity contribution in [2.24, 2.45) is 0 Å². The predicted molar refractivity (Wildman–Crippen MR) is 61.4 cm³/mol. The molecule has 0 fully saturated rings. The molecule has 1 aromatic rings. The van der Waals surface area contributed by atoms with E-state index in [9.17, 15) is 4.79 Å². The van der Waals surface area contributed by atoms with Crippen molar-refractivity contribution >= 4 is 5.97 Å². The van der Waals surface area contributed by atoms with Crippen LogP contribution in [-0.4, -0.2) is 11.1 Å². The summed E-state index contributed by atoms with van der Waals surface area (Å²) in [4.78, 5) is 9.60. The van der Waals surface area contributed by atoms with Gasteiger partial charge < -0.3 is 5.11 Å². The summed E-state index contributed by atoms with van der Waals surface area (Å²) in [6, 6.07) is 12.0. The summed E-state index contributed by atoms with van der Waals surface area (Å²) >= 11 is 0. The maximum Gasteiger partial charge on any atom is 0.330 e. The molecule has 1 N–H and O–H groups in total. The average molecular weight is 264 g/mol. The molecule has 0 atom stereocenters. The van der Waals surface area contributed by atoms with E-state index in [4.69, 9.17) is 5.11 Å². The largest absolute Gasteiger partial charge is 0.478 e. The normalized spacial score (nSPS) is 5.47. The molecule has 0 amide bonds. The van der Waals surface area contributed by atoms with E-state index >= 15 is 0 Å². The van der Waals surface area contributed by atoms with E-state index in [1.807, 2.05) is 36.4 Å². The molecule has 0 unspecified atom stereocenters. The van der Waals surface area contributed by atoms with Crippen LogP contribution in [0.1, 0.15) is 6.92 Å². The van der Waals surface area contributed by atoms with Crippen molar-refractivity contribution < 1.29 is 33.4 Å². The van der Waals surface area contributed by atoms with Gasteiger partial charge in [-0.15, -0.1) is 0 Å². The van der Waals surface area contributed by atoms with Crippen molar-refractivity contribution in [3.8, 4) is 0 Å². The van der Waals surface area contributed by atoms with Crippen LogP contribution in [0.4, 0.5) is 23.5 Å². The van der Waals surface area contributed by atoms with E-state index in [1.165, 1.54) is 6.92 Å². The Morgan fingerprint density at radius 3 is 1.00 bits per heavy atom. The Hall–Kier alpha value is -1.92. The van der Waals surface area contributed by atoms with E-state index in [2.05, 4.69) is 6.58 Å². The Morgan fingerprint density at radius 1 is 0.824 bits per heavy atom. The highest BCUT2D eigenvalue weighted by molar-refractivity contribution is 5.84. The fourth-order valence-electron chi connectivity index (χ4n) is 0.385. The van der Waals surface area contributed by atoms with Gasteiger partial charge in [0.1, 0.15) is 0 Å². The number of benzene rings is 1. The molecule has 7 heteroatoms. The van der Waals surface area contributed by atoms with Crippen LogP contribution < -0.4 is 0 Å². The minimum absolute atomic E-state index is 0. The molecule has 0 aliphatic heterocycles. The number of carboxylic acid groups (broad SMARTS) is 1. The lowest BCUT2D eigenvalue weighted by molar-refractivity contribution is -0.132. The van der Waals surface area contributed by atoms with Crippen molar-refractivity contribution in [1.29, 1.82) is 0 Å². The lowest BCUT2D eigenvalue weighted by Gasteiger charge is -1.79. The molecule has 0 aliphatic rings. The van der Waals surface area contributed by atoms with Crippen LogP contribution in [0.25, 0.3) is 0 Å². The second kappa shape index (κ2) is 23.7. The van der Waals surface area contributed by atoms with Gasteiger partial charge in [-0.1, -0.05) is 43.0 Å². The van der Waals surface area contributed by atoms with Gasteiger partial charge in [0.2, 0.25) is 0 Å². The quantitative estimate of drug-likeness (QED) is 0.625. The summed E-state index contributed by atoms with van der Waals surface area (Å²) in [6.07, 6.45) is 0. The van der Waals surface area contributed by atoms with Crippen LogP contribution >= 0.6 is 0 Å². The molecule has 0 bridgehead atoms. The Labute approximate surface area is 95.8 Å². The Balaban J connectivity index is -0.0000000275. The van der Waals surface area contributed by atoms with Crippen LogP contribution in [0.3, 0.4) is 0 Å². The topological polar surface area (TPSA) is 37.3 Å². The lowest BCUT2D eigenvalue weighted by atomic mass is 10.4. The minimum Gasteiger partial charge on any atom is -0.478 e. The summed E-state index contributed by atoms with van der Waals surface area (Å²) < 4.78 is 0. The highest BCUT2D eigenvalue weighted by atomic mass is 19.0. The molecule has 2 nitrogen and oxygen atoms in total. The summed E-state index contributed by atoms with van der Waals surface area (Å²) in [5.41, 5.74) is 0.176. The number of hydrogen-bond acceptors (Lipinski definition) is 1. The molecular formula is C10H17F5O2. The zero-order valence-electron chi connectivity index (χ0n) is 9.07. The van der Waals surface area contributed by atoms with Crippen molar-refractivity contribution in [1.82, 2.24) is 0 Å². The number of aliphatic carboxylic acids is 1. The summed E-state index contributed by atoms with van der Waals surface area (Å²) in [5.74, 6) is -0.935. The molecule has 0 aromatic heterocycles. The molecule has 0 radical (unpaired) electrons. The second-order valence-corrected chi connectivity index (χ2v) is 2.24. The second-order valence-electron chi connectivity index (χ2n) is 2.24. The number of carboxylic acids is 1. The zero-order chi connectivity index (χ0) is 9.40. The van der Waals surface area contributed by atoms with Gasteiger partial charge >= 0.3 is 5.97 Å². The third-order valence-electron chi connectivity index (χ3n) is 1.03. The first-order valence-electron chi connectivity index (χ1n) is 3.53. The van der Waals surface area contributed by atoms with E-state index in [1.54, 1.807) is 0 Å². The first-order chi connectivity index (χ1) is 5.64. The highest BCUT2D eigenvalue weighted by Crippen LogP contribution is 1.81. The van der Waals surface area contributed by atoms with Crippen molar-refractivity contribution in [3.63, 3.8) is 0 Å². The molecule has 104 valence electrons. The first kappa shape index (κ1) is 36.3. The summed E-state index contributed by atoms with van der Waals surface area (Å²) in [7, 11) is 0. The number of halogens is 5. The maximum atomic E-state index is 9.60. The van der Waals surface area contributed by atoms with Gasteiger partial charge in [0.05, 0.1) is 0 Å². The average Bonchev–Trinajstić information content (AvgIpc) is 2.08. The van der Waals surface area contributed by atoms with Gasteiger partial charge in [-0.25, -0.2) is 4.79 Å². The van der Waals surface area contributed by atoms with Crippen LogP contribution in [0.2, 0.25) is 0 Å². The van der Waals surface area contributed by atoms with E-state index < -0.39 is 5.97 Å². The van der Waals surface area contributed by atoms with Crippen LogP contribution in [0.15, 0.2) is 48.6 Å². The van der Waals surface area contributed by atoms with Crippen molar-refractivity contribution in [2.45, 2.75) is 6.92 Å². The van der Waals surface area contributed by atoms with Gasteiger partial charge in [0, 0.05) is 5.57 Å². The van der Waals surface area contributed by atoms with Gasteiger partial charge in [-0.3, -0.25) is 23.5 Å². The lowest BCUT2D eigenvalue weighted by Crippen LogP contribution is -1.92. The van der Waals surface area contributed by atoms with Crippen molar-refractivity contribution in [3.05, 3.63) is 48.6 Å². The van der Waals surface area contributed by atoms with Crippen molar-refractivity contribution in [2.75, 3.05) is 0 Å². The maximum absolute atomic E-state index is 9.60. The van der Waals surface area contributed by atoms with Crippen LogP contribution in [-0.2, 0) is 4.79 Å². The molecule has 0 aliphatic carbocycles. The molecule has 1 aromatic carbocycles. The molecule has 0 spiro atoms. The Kier molecular flexibility index (Phi) is 50.6. The minimum atomic E-state index is -0.935. The fraction of sp³-hybridized carbons (Fsp3) is 0.100. The third kappa shape index (κ3) is 31.5. The van der Waals surface area contributed by atoms with Gasteiger partial charge in [-0.2, -0.15) is 0 Å². The first-order valence-corrected chi connectivity index (χ1v) is 3.53. The van der Waals surface area contributed by atoms with E-state index in [0.29, 0.717) is 0 Å². The van der Waals surface area contributed by atoms with E-state index in [-0.39, 0.29) is 29.1 Å². The molecule has 1 rings (SSSR count). The standard InChI is InChI=1S/C6H6.C4H6O2.5FH/c1-2-4-6-5-3-1;1-3(2)4(5)6;;;;;/h1-6H;1H2,2H3,(H,5,6);5*1H. The molecule has 0 saturated heterocycles. The number of rotatable bonds is 1. The van der Waals surface area contributed by atoms with Gasteiger partial charge in [0.25, 0.3) is 0 Å². The van der Waals surface area contributed by atoms with Crippen LogP contribution in [0, 0.1) is 0 Å². The smallest absolute Gasteiger partial charge is 0.330 e. The SMILES string of the molecule is C=C(C)C(=O)O.F.F.F.F.F.c1ccccc1. The summed E-state index contributed by atoms with van der Waals surface area (Å²) in [5, 5.41) is 7.89. The Morgan fingerprint density at radius 2 is 0.941 bits per heavy atom. The monoisotopic (exact) mass is 264 g/mol. The molecule has 17 heavy (non-hydrogen) atoms. The van der Waals surface area contributed by atoms with Gasteiger partial charge in [-0.05, 0) is 6.92 Å². The predicted octanol–water partition coefficient (Wildman–Crippen LogP) is 3.10. The number of carbonyl (C=O) groups is 1. The molecule has 0 saturated carbocycles. The third-order valence-corrected chi connectivity index (χ3v) is 1.03. The molecular weight excluding hydrogens is 247 g/mol. The van der Waals surface area contributed by atoms with E-state index in [0.717, 1.165) is 0 Å². The number of hydrogen-bond donors (Lipinski definition) is 1. The van der Waals surface area contributed by atoms with Crippen LogP contribution in [0.5, 0.6) is 0 Å². The highest BCUT2D eigenvalue weighted by Gasteiger charge is 1.90. The Bertz CT molecular complexity index is 215. The fourth-order valence-corrected chi connectivity index (χ4v) is 0.385. The zero-order valence-corrected chi connectivity index (χ0v) is 9.07.